The molecule has 4 aromatic rings. The Balaban J connectivity index is 1.57. The predicted octanol–water partition coefficient (Wildman–Crippen LogP) is 4.96. The maximum absolute atomic E-state index is 5.38. The van der Waals surface area contributed by atoms with Gasteiger partial charge in [-0.3, -0.25) is 0 Å². The van der Waals surface area contributed by atoms with Gasteiger partial charge in [0.2, 0.25) is 5.95 Å². The van der Waals surface area contributed by atoms with Crippen LogP contribution >= 0.6 is 0 Å². The number of furan rings is 1. The molecule has 0 aliphatic carbocycles. The highest BCUT2D eigenvalue weighted by molar-refractivity contribution is 5.64. The molecule has 2 aromatic heterocycles. The molecule has 0 unspecified atom stereocenters. The molecule has 0 atom stereocenters. The maximum Gasteiger partial charge on any atom is 0.225 e. The fraction of sp³-hybridized carbons (Fsp3) is 0.0909. The van der Waals surface area contributed by atoms with Crippen molar-refractivity contribution >= 4 is 11.8 Å². The van der Waals surface area contributed by atoms with E-state index in [1.807, 2.05) is 66.7 Å². The Morgan fingerprint density at radius 2 is 1.52 bits per heavy atom. The minimum Gasteiger partial charge on any atom is -0.467 e. The van der Waals surface area contributed by atoms with Gasteiger partial charge in [-0.25, -0.2) is 4.98 Å². The van der Waals surface area contributed by atoms with Gasteiger partial charge in [-0.05, 0) is 17.7 Å². The van der Waals surface area contributed by atoms with E-state index in [2.05, 4.69) is 32.7 Å². The van der Waals surface area contributed by atoms with Crippen LogP contribution in [0.4, 0.5) is 11.8 Å². The molecular weight excluding hydrogens is 336 g/mol. The predicted molar refractivity (Wildman–Crippen MR) is 107 cm³/mol. The first-order valence-corrected chi connectivity index (χ1v) is 8.85. The Bertz CT molecular complexity index is 970. The molecule has 27 heavy (non-hydrogen) atoms. The highest BCUT2D eigenvalue weighted by Gasteiger charge is 2.07. The van der Waals surface area contributed by atoms with E-state index in [1.54, 1.807) is 6.26 Å². The molecule has 0 aliphatic heterocycles. The van der Waals surface area contributed by atoms with Crippen molar-refractivity contribution in [2.45, 2.75) is 13.1 Å². The van der Waals surface area contributed by atoms with Crippen molar-refractivity contribution in [2.75, 3.05) is 10.6 Å². The van der Waals surface area contributed by atoms with Crippen LogP contribution in [0, 0.1) is 0 Å². The second-order valence-corrected chi connectivity index (χ2v) is 6.10. The SMILES string of the molecule is c1ccc(CNc2nc(NCc3ccco3)cc(-c3ccccc3)n2)cc1. The van der Waals surface area contributed by atoms with Crippen LogP contribution in [0.25, 0.3) is 11.3 Å². The maximum atomic E-state index is 5.38. The van der Waals surface area contributed by atoms with E-state index in [-0.39, 0.29) is 0 Å². The Morgan fingerprint density at radius 3 is 2.26 bits per heavy atom. The van der Waals surface area contributed by atoms with Crippen molar-refractivity contribution in [3.05, 3.63) is 96.4 Å². The summed E-state index contributed by atoms with van der Waals surface area (Å²) in [6.45, 7) is 1.23. The number of hydrogen-bond donors (Lipinski definition) is 2. The third-order valence-electron chi connectivity index (χ3n) is 4.11. The Hall–Kier alpha value is -3.60. The van der Waals surface area contributed by atoms with Gasteiger partial charge in [0.25, 0.3) is 0 Å². The van der Waals surface area contributed by atoms with E-state index in [9.17, 15) is 0 Å². The zero-order valence-corrected chi connectivity index (χ0v) is 14.8. The largest absolute Gasteiger partial charge is 0.467 e. The van der Waals surface area contributed by atoms with Crippen LogP contribution in [0.3, 0.4) is 0 Å². The van der Waals surface area contributed by atoms with Crippen LogP contribution in [0.15, 0.2) is 89.5 Å². The van der Waals surface area contributed by atoms with Gasteiger partial charge in [-0.15, -0.1) is 0 Å². The van der Waals surface area contributed by atoms with Gasteiger partial charge >= 0.3 is 0 Å². The second kappa shape index (κ2) is 8.19. The minimum atomic E-state index is 0.566. The van der Waals surface area contributed by atoms with Gasteiger partial charge in [0, 0.05) is 18.2 Å². The monoisotopic (exact) mass is 356 g/mol. The molecule has 5 heteroatoms. The van der Waals surface area contributed by atoms with Crippen molar-refractivity contribution in [2.24, 2.45) is 0 Å². The highest BCUT2D eigenvalue weighted by atomic mass is 16.3. The molecule has 2 aromatic carbocycles. The minimum absolute atomic E-state index is 0.566. The summed E-state index contributed by atoms with van der Waals surface area (Å²) in [5.74, 6) is 2.19. The standard InChI is InChI=1S/C22H20N4O/c1-3-8-17(9-4-1)15-24-22-25-20(18-10-5-2-6-11-18)14-21(26-22)23-16-19-12-7-13-27-19/h1-14H,15-16H2,(H2,23,24,25,26). The number of nitrogens with zero attached hydrogens (tertiary/aromatic N) is 2. The summed E-state index contributed by atoms with van der Waals surface area (Å²) in [5, 5.41) is 6.63. The second-order valence-electron chi connectivity index (χ2n) is 6.10. The molecule has 0 radical (unpaired) electrons. The number of rotatable bonds is 7. The molecule has 2 N–H and O–H groups in total. The fourth-order valence-electron chi connectivity index (χ4n) is 2.74. The van der Waals surface area contributed by atoms with Gasteiger partial charge in [-0.1, -0.05) is 60.7 Å². The van der Waals surface area contributed by atoms with Crippen molar-refractivity contribution < 1.29 is 4.42 Å². The van der Waals surface area contributed by atoms with Crippen LogP contribution < -0.4 is 10.6 Å². The average molecular weight is 356 g/mol. The Labute approximate surface area is 158 Å². The van der Waals surface area contributed by atoms with Crippen LogP contribution in [0.1, 0.15) is 11.3 Å². The van der Waals surface area contributed by atoms with Gasteiger partial charge in [0.15, 0.2) is 0 Å². The lowest BCUT2D eigenvalue weighted by Gasteiger charge is -2.11. The lowest BCUT2D eigenvalue weighted by Crippen LogP contribution is -2.08. The molecule has 0 aliphatic rings. The summed E-state index contributed by atoms with van der Waals surface area (Å²) in [5.41, 5.74) is 3.09. The summed E-state index contributed by atoms with van der Waals surface area (Å²) in [6, 6.07) is 26.0. The third-order valence-corrected chi connectivity index (χ3v) is 4.11. The summed E-state index contributed by atoms with van der Waals surface area (Å²) in [7, 11) is 0. The van der Waals surface area contributed by atoms with E-state index in [1.165, 1.54) is 5.56 Å². The molecule has 0 fully saturated rings. The summed E-state index contributed by atoms with van der Waals surface area (Å²) >= 11 is 0. The van der Waals surface area contributed by atoms with E-state index in [4.69, 9.17) is 4.42 Å². The number of nitrogens with one attached hydrogen (secondary N) is 2. The van der Waals surface area contributed by atoms with Crippen molar-refractivity contribution in [3.8, 4) is 11.3 Å². The third kappa shape index (κ3) is 4.52. The van der Waals surface area contributed by atoms with Gasteiger partial charge in [0.1, 0.15) is 11.6 Å². The van der Waals surface area contributed by atoms with Crippen molar-refractivity contribution in [1.29, 1.82) is 0 Å². The van der Waals surface area contributed by atoms with E-state index >= 15 is 0 Å². The molecule has 2 heterocycles. The van der Waals surface area contributed by atoms with Crippen LogP contribution in [-0.2, 0) is 13.1 Å². The number of hydrogen-bond acceptors (Lipinski definition) is 5. The Morgan fingerprint density at radius 1 is 0.741 bits per heavy atom. The van der Waals surface area contributed by atoms with Gasteiger partial charge in [-0.2, -0.15) is 4.98 Å². The normalized spacial score (nSPS) is 10.5. The van der Waals surface area contributed by atoms with Crippen LogP contribution in [0.2, 0.25) is 0 Å². The molecule has 134 valence electrons. The number of anilines is 2. The summed E-state index contributed by atoms with van der Waals surface area (Å²) < 4.78 is 5.38. The highest BCUT2D eigenvalue weighted by Crippen LogP contribution is 2.22. The van der Waals surface area contributed by atoms with Gasteiger partial charge in [0.05, 0.1) is 18.5 Å². The van der Waals surface area contributed by atoms with Crippen molar-refractivity contribution in [1.82, 2.24) is 9.97 Å². The van der Waals surface area contributed by atoms with E-state index in [0.29, 0.717) is 19.0 Å². The lowest BCUT2D eigenvalue weighted by molar-refractivity contribution is 0.518. The van der Waals surface area contributed by atoms with E-state index < -0.39 is 0 Å². The first-order chi connectivity index (χ1) is 13.4. The molecule has 4 rings (SSSR count). The van der Waals surface area contributed by atoms with E-state index in [0.717, 1.165) is 22.8 Å². The topological polar surface area (TPSA) is 63.0 Å². The molecule has 0 spiro atoms. The molecule has 0 amide bonds. The molecule has 0 saturated heterocycles. The number of aromatic nitrogens is 2. The Kier molecular flexibility index (Phi) is 5.11. The smallest absolute Gasteiger partial charge is 0.225 e. The average Bonchev–Trinajstić information content (AvgIpc) is 3.26. The van der Waals surface area contributed by atoms with Crippen LogP contribution in [0.5, 0.6) is 0 Å². The molecular formula is C22H20N4O. The zero-order chi connectivity index (χ0) is 18.3. The molecule has 0 bridgehead atoms. The molecule has 5 nitrogen and oxygen atoms in total. The first-order valence-electron chi connectivity index (χ1n) is 8.85. The van der Waals surface area contributed by atoms with Crippen molar-refractivity contribution in [3.63, 3.8) is 0 Å². The quantitative estimate of drug-likeness (QED) is 0.490. The molecule has 0 saturated carbocycles. The summed E-state index contributed by atoms with van der Waals surface area (Å²) in [6.07, 6.45) is 1.67. The summed E-state index contributed by atoms with van der Waals surface area (Å²) in [4.78, 5) is 9.28. The first kappa shape index (κ1) is 16.8. The van der Waals surface area contributed by atoms with Gasteiger partial charge < -0.3 is 15.1 Å². The lowest BCUT2D eigenvalue weighted by atomic mass is 10.1. The number of benzene rings is 2. The fourth-order valence-corrected chi connectivity index (χ4v) is 2.74. The zero-order valence-electron chi connectivity index (χ0n) is 14.8. The van der Waals surface area contributed by atoms with Crippen LogP contribution in [-0.4, -0.2) is 9.97 Å².